The second-order valence-corrected chi connectivity index (χ2v) is 6.03. The van der Waals surface area contributed by atoms with Crippen molar-refractivity contribution in [3.8, 4) is 23.5 Å². The molecular formula is C22H16N2O2. The molecule has 0 saturated heterocycles. The Hall–Kier alpha value is -3.58. The van der Waals surface area contributed by atoms with Gasteiger partial charge in [-0.2, -0.15) is 0 Å². The maximum absolute atomic E-state index is 12.1. The van der Waals surface area contributed by atoms with Crippen molar-refractivity contribution in [1.82, 2.24) is 4.98 Å². The van der Waals surface area contributed by atoms with Crippen LogP contribution in [-0.2, 0) is 4.74 Å². The molecule has 26 heavy (non-hydrogen) atoms. The van der Waals surface area contributed by atoms with Gasteiger partial charge in [0.15, 0.2) is 0 Å². The van der Waals surface area contributed by atoms with Gasteiger partial charge in [-0.25, -0.2) is 9.78 Å². The SMILES string of the molecule is C#Cc1ccc(NC(=O)OCC2c3ccccc3-c3ccccc32)nc1. The molecule has 0 unspecified atom stereocenters. The van der Waals surface area contributed by atoms with Crippen LogP contribution in [0.25, 0.3) is 11.1 Å². The van der Waals surface area contributed by atoms with Crippen LogP contribution in [0.3, 0.4) is 0 Å². The minimum atomic E-state index is -0.534. The number of aromatic nitrogens is 1. The largest absolute Gasteiger partial charge is 0.448 e. The number of nitrogens with zero attached hydrogens (tertiary/aromatic N) is 1. The van der Waals surface area contributed by atoms with E-state index < -0.39 is 6.09 Å². The Labute approximate surface area is 151 Å². The first kappa shape index (κ1) is 15.9. The monoisotopic (exact) mass is 340 g/mol. The van der Waals surface area contributed by atoms with Gasteiger partial charge >= 0.3 is 6.09 Å². The molecule has 1 aliphatic rings. The maximum Gasteiger partial charge on any atom is 0.412 e. The third kappa shape index (κ3) is 2.91. The molecule has 0 radical (unpaired) electrons. The van der Waals surface area contributed by atoms with E-state index in [0.717, 1.165) is 0 Å². The van der Waals surface area contributed by atoms with E-state index in [1.54, 1.807) is 12.1 Å². The lowest BCUT2D eigenvalue weighted by atomic mass is 9.98. The zero-order valence-electron chi connectivity index (χ0n) is 14.0. The van der Waals surface area contributed by atoms with E-state index in [2.05, 4.69) is 40.5 Å². The lowest BCUT2D eigenvalue weighted by molar-refractivity contribution is 0.158. The normalized spacial score (nSPS) is 12.0. The average molecular weight is 340 g/mol. The van der Waals surface area contributed by atoms with Crippen LogP contribution in [-0.4, -0.2) is 17.7 Å². The number of hydrogen-bond acceptors (Lipinski definition) is 3. The smallest absolute Gasteiger partial charge is 0.412 e. The van der Waals surface area contributed by atoms with E-state index in [1.165, 1.54) is 28.5 Å². The highest BCUT2D eigenvalue weighted by atomic mass is 16.5. The number of fused-ring (bicyclic) bond motifs is 3. The van der Waals surface area contributed by atoms with Gasteiger partial charge in [0.05, 0.1) is 0 Å². The molecule has 0 bridgehead atoms. The zero-order valence-corrected chi connectivity index (χ0v) is 14.0. The van der Waals surface area contributed by atoms with Gasteiger partial charge in [0, 0.05) is 17.7 Å². The van der Waals surface area contributed by atoms with Crippen LogP contribution in [0.1, 0.15) is 22.6 Å². The summed E-state index contributed by atoms with van der Waals surface area (Å²) in [6, 6.07) is 19.8. The van der Waals surface area contributed by atoms with Gasteiger partial charge < -0.3 is 4.74 Å². The molecule has 0 aliphatic heterocycles. The molecule has 3 aromatic rings. The maximum atomic E-state index is 12.1. The fraction of sp³-hybridized carbons (Fsp3) is 0.0909. The van der Waals surface area contributed by atoms with Crippen LogP contribution in [0.5, 0.6) is 0 Å². The number of anilines is 1. The van der Waals surface area contributed by atoms with Gasteiger partial charge in [-0.05, 0) is 34.4 Å². The van der Waals surface area contributed by atoms with Gasteiger partial charge in [0.25, 0.3) is 0 Å². The van der Waals surface area contributed by atoms with Crippen LogP contribution in [0, 0.1) is 12.3 Å². The molecule has 1 aliphatic carbocycles. The molecule has 1 heterocycles. The molecule has 0 fully saturated rings. The van der Waals surface area contributed by atoms with Gasteiger partial charge in [-0.3, -0.25) is 5.32 Å². The standard InChI is InChI=1S/C22H16N2O2/c1-2-15-11-12-21(23-13-15)24-22(25)26-14-20-18-9-5-3-7-16(18)17-8-4-6-10-19(17)20/h1,3-13,20H,14H2,(H,23,24,25). The second-order valence-electron chi connectivity index (χ2n) is 6.03. The summed E-state index contributed by atoms with van der Waals surface area (Å²) >= 11 is 0. The number of ether oxygens (including phenoxy) is 1. The summed E-state index contributed by atoms with van der Waals surface area (Å²) in [6.45, 7) is 0.266. The summed E-state index contributed by atoms with van der Waals surface area (Å²) < 4.78 is 5.47. The van der Waals surface area contributed by atoms with Crippen LogP contribution in [0.15, 0.2) is 66.9 Å². The Bertz CT molecular complexity index is 958. The number of benzene rings is 2. The number of carbonyl (C=O) groups excluding carboxylic acids is 1. The van der Waals surface area contributed by atoms with Crippen molar-refractivity contribution < 1.29 is 9.53 Å². The molecule has 0 saturated carbocycles. The second kappa shape index (κ2) is 6.73. The highest BCUT2D eigenvalue weighted by Gasteiger charge is 2.28. The molecule has 1 N–H and O–H groups in total. The van der Waals surface area contributed by atoms with Crippen LogP contribution >= 0.6 is 0 Å². The van der Waals surface area contributed by atoms with E-state index in [-0.39, 0.29) is 12.5 Å². The third-order valence-electron chi connectivity index (χ3n) is 4.50. The summed E-state index contributed by atoms with van der Waals surface area (Å²) in [6.07, 6.45) is 6.29. The predicted octanol–water partition coefficient (Wildman–Crippen LogP) is 4.42. The van der Waals surface area contributed by atoms with Crippen molar-refractivity contribution in [2.24, 2.45) is 0 Å². The van der Waals surface area contributed by atoms with E-state index in [9.17, 15) is 4.79 Å². The third-order valence-corrected chi connectivity index (χ3v) is 4.50. The highest BCUT2D eigenvalue weighted by molar-refractivity contribution is 5.84. The Balaban J connectivity index is 1.47. The van der Waals surface area contributed by atoms with Crippen molar-refractivity contribution in [2.45, 2.75) is 5.92 Å². The van der Waals surface area contributed by atoms with E-state index in [4.69, 9.17) is 11.2 Å². The van der Waals surface area contributed by atoms with Gasteiger partial charge in [0.1, 0.15) is 12.4 Å². The highest BCUT2D eigenvalue weighted by Crippen LogP contribution is 2.44. The molecule has 0 atom stereocenters. The molecule has 4 rings (SSSR count). The van der Waals surface area contributed by atoms with Gasteiger partial charge in [0.2, 0.25) is 0 Å². The summed E-state index contributed by atoms with van der Waals surface area (Å²) in [5, 5.41) is 2.62. The van der Waals surface area contributed by atoms with Crippen molar-refractivity contribution in [3.05, 3.63) is 83.6 Å². The lowest BCUT2D eigenvalue weighted by Crippen LogP contribution is -2.18. The number of rotatable bonds is 3. The fourth-order valence-electron chi connectivity index (χ4n) is 3.29. The number of hydrogen-bond donors (Lipinski definition) is 1. The molecule has 1 amide bonds. The van der Waals surface area contributed by atoms with Crippen molar-refractivity contribution in [1.29, 1.82) is 0 Å². The number of carbonyl (C=O) groups is 1. The summed E-state index contributed by atoms with van der Waals surface area (Å²) in [5.41, 5.74) is 5.41. The Kier molecular flexibility index (Phi) is 4.12. The van der Waals surface area contributed by atoms with Crippen molar-refractivity contribution in [3.63, 3.8) is 0 Å². The molecule has 4 nitrogen and oxygen atoms in total. The lowest BCUT2D eigenvalue weighted by Gasteiger charge is -2.14. The Morgan fingerprint density at radius 1 is 1.04 bits per heavy atom. The molecule has 1 aromatic heterocycles. The number of amides is 1. The van der Waals surface area contributed by atoms with Crippen molar-refractivity contribution in [2.75, 3.05) is 11.9 Å². The fourth-order valence-corrected chi connectivity index (χ4v) is 3.29. The number of nitrogens with one attached hydrogen (secondary N) is 1. The van der Waals surface area contributed by atoms with E-state index in [1.807, 2.05) is 24.3 Å². The Morgan fingerprint density at radius 2 is 1.69 bits per heavy atom. The molecule has 4 heteroatoms. The topological polar surface area (TPSA) is 51.2 Å². The summed E-state index contributed by atoms with van der Waals surface area (Å²) in [5.74, 6) is 2.92. The molecular weight excluding hydrogens is 324 g/mol. The van der Waals surface area contributed by atoms with E-state index in [0.29, 0.717) is 11.4 Å². The minimum absolute atomic E-state index is 0.0323. The van der Waals surface area contributed by atoms with E-state index >= 15 is 0 Å². The first-order valence-corrected chi connectivity index (χ1v) is 8.31. The molecule has 0 spiro atoms. The average Bonchev–Trinajstić information content (AvgIpc) is 3.01. The molecule has 126 valence electrons. The van der Waals surface area contributed by atoms with Gasteiger partial charge in [-0.1, -0.05) is 54.5 Å². The summed E-state index contributed by atoms with van der Waals surface area (Å²) in [4.78, 5) is 16.2. The first-order valence-electron chi connectivity index (χ1n) is 8.31. The zero-order chi connectivity index (χ0) is 17.9. The number of pyridine rings is 1. The van der Waals surface area contributed by atoms with Crippen molar-refractivity contribution >= 4 is 11.9 Å². The first-order chi connectivity index (χ1) is 12.8. The quantitative estimate of drug-likeness (QED) is 0.718. The Morgan fingerprint density at radius 3 is 2.27 bits per heavy atom. The van der Waals surface area contributed by atoms with Crippen LogP contribution in [0.4, 0.5) is 10.6 Å². The summed E-state index contributed by atoms with van der Waals surface area (Å²) in [7, 11) is 0. The van der Waals surface area contributed by atoms with Crippen LogP contribution < -0.4 is 5.32 Å². The molecule has 2 aromatic carbocycles. The number of terminal acetylenes is 1. The predicted molar refractivity (Wildman–Crippen MR) is 101 cm³/mol. The minimum Gasteiger partial charge on any atom is -0.448 e. The van der Waals surface area contributed by atoms with Gasteiger partial charge in [-0.15, -0.1) is 6.42 Å². The van der Waals surface area contributed by atoms with Crippen LogP contribution in [0.2, 0.25) is 0 Å².